The van der Waals surface area contributed by atoms with Gasteiger partial charge in [0, 0.05) is 0 Å². The van der Waals surface area contributed by atoms with Crippen molar-refractivity contribution in [1.82, 2.24) is 0 Å². The second-order valence-corrected chi connectivity index (χ2v) is 4.37. The van der Waals surface area contributed by atoms with Crippen molar-refractivity contribution in [3.63, 3.8) is 0 Å². The van der Waals surface area contributed by atoms with E-state index in [0.717, 1.165) is 0 Å². The minimum Gasteiger partial charge on any atom is -0.343 e. The summed E-state index contributed by atoms with van der Waals surface area (Å²) in [5.41, 5.74) is 0. The first kappa shape index (κ1) is 10.4. The van der Waals surface area contributed by atoms with Crippen LogP contribution in [0.1, 0.15) is 27.7 Å². The lowest BCUT2D eigenvalue weighted by Crippen LogP contribution is -2.52. The van der Waals surface area contributed by atoms with Gasteiger partial charge >= 0.3 is 0 Å². The molecule has 4 atom stereocenters. The molecule has 4 nitrogen and oxygen atoms in total. The second-order valence-electron chi connectivity index (χ2n) is 4.37. The number of hydrogen-bond acceptors (Lipinski definition) is 4. The molecule has 0 saturated carbocycles. The lowest BCUT2D eigenvalue weighted by molar-refractivity contribution is -0.337. The monoisotopic (exact) mass is 202 g/mol. The summed E-state index contributed by atoms with van der Waals surface area (Å²) in [6.07, 6.45) is 0.194. The van der Waals surface area contributed by atoms with E-state index in [1.165, 1.54) is 0 Å². The third-order valence-corrected chi connectivity index (χ3v) is 2.86. The topological polar surface area (TPSA) is 36.9 Å². The Bertz CT molecular complexity index is 208. The molecule has 2 rings (SSSR count). The highest BCUT2D eigenvalue weighted by Gasteiger charge is 2.56. The van der Waals surface area contributed by atoms with E-state index in [2.05, 4.69) is 0 Å². The molecule has 0 radical (unpaired) electrons. The highest BCUT2D eigenvalue weighted by molar-refractivity contribution is 4.89. The van der Waals surface area contributed by atoms with Crippen molar-refractivity contribution in [3.05, 3.63) is 0 Å². The Balaban J connectivity index is 2.13. The molecule has 82 valence electrons. The molecule has 0 aromatic heterocycles. The number of hydrogen-bond donors (Lipinski definition) is 0. The van der Waals surface area contributed by atoms with Gasteiger partial charge in [0.2, 0.25) is 11.6 Å². The van der Waals surface area contributed by atoms with Crippen LogP contribution in [0.5, 0.6) is 0 Å². The third-order valence-electron chi connectivity index (χ3n) is 2.86. The van der Waals surface area contributed by atoms with Crippen molar-refractivity contribution in [1.29, 1.82) is 0 Å². The molecule has 2 aliphatic rings. The zero-order valence-electron chi connectivity index (χ0n) is 9.20. The fourth-order valence-corrected chi connectivity index (χ4v) is 1.93. The Kier molecular flexibility index (Phi) is 2.34. The molecule has 0 aromatic carbocycles. The van der Waals surface area contributed by atoms with Crippen molar-refractivity contribution in [2.24, 2.45) is 0 Å². The van der Waals surface area contributed by atoms with Crippen LogP contribution in [0.25, 0.3) is 0 Å². The van der Waals surface area contributed by atoms with Gasteiger partial charge in [0.15, 0.2) is 0 Å². The maximum Gasteiger partial charge on any atom is 0.220 e. The van der Waals surface area contributed by atoms with Crippen LogP contribution in [0.2, 0.25) is 0 Å². The minimum atomic E-state index is -0.781. The first-order chi connectivity index (χ1) is 6.45. The molecule has 4 heteroatoms. The van der Waals surface area contributed by atoms with Gasteiger partial charge in [0.1, 0.15) is 0 Å². The molecule has 0 aromatic rings. The molecule has 0 bridgehead atoms. The molecule has 2 aliphatic heterocycles. The fraction of sp³-hybridized carbons (Fsp3) is 1.00. The van der Waals surface area contributed by atoms with Crippen LogP contribution in [-0.2, 0) is 18.9 Å². The molecular weight excluding hydrogens is 184 g/mol. The molecule has 2 heterocycles. The molecule has 4 unspecified atom stereocenters. The smallest absolute Gasteiger partial charge is 0.220 e. The summed E-state index contributed by atoms with van der Waals surface area (Å²) in [7, 11) is 0. The maximum absolute atomic E-state index is 5.71. The Labute approximate surface area is 84.5 Å². The predicted octanol–water partition coefficient (Wildman–Crippen LogP) is 1.29. The van der Waals surface area contributed by atoms with Crippen LogP contribution in [0.3, 0.4) is 0 Å². The quantitative estimate of drug-likeness (QED) is 0.642. The van der Waals surface area contributed by atoms with Gasteiger partial charge in [-0.25, -0.2) is 0 Å². The second kappa shape index (κ2) is 3.17. The predicted molar refractivity (Wildman–Crippen MR) is 49.8 cm³/mol. The first-order valence-corrected chi connectivity index (χ1v) is 5.09. The Morgan fingerprint density at radius 2 is 1.21 bits per heavy atom. The average molecular weight is 202 g/mol. The molecular formula is C10H18O4. The van der Waals surface area contributed by atoms with E-state index in [0.29, 0.717) is 13.2 Å². The minimum absolute atomic E-state index is 0.0972. The molecule has 2 saturated heterocycles. The van der Waals surface area contributed by atoms with Gasteiger partial charge in [0.25, 0.3) is 0 Å². The van der Waals surface area contributed by atoms with Gasteiger partial charge < -0.3 is 18.9 Å². The molecule has 0 aliphatic carbocycles. The van der Waals surface area contributed by atoms with Crippen LogP contribution in [-0.4, -0.2) is 37.0 Å². The van der Waals surface area contributed by atoms with E-state index >= 15 is 0 Å². The van der Waals surface area contributed by atoms with Crippen molar-refractivity contribution in [3.8, 4) is 0 Å². The fourth-order valence-electron chi connectivity index (χ4n) is 1.93. The Morgan fingerprint density at radius 1 is 0.857 bits per heavy atom. The van der Waals surface area contributed by atoms with E-state index in [9.17, 15) is 0 Å². The van der Waals surface area contributed by atoms with Crippen LogP contribution < -0.4 is 0 Å². The van der Waals surface area contributed by atoms with Crippen LogP contribution >= 0.6 is 0 Å². The summed E-state index contributed by atoms with van der Waals surface area (Å²) < 4.78 is 22.7. The summed E-state index contributed by atoms with van der Waals surface area (Å²) in [5.74, 6) is -1.56. The molecule has 0 amide bonds. The highest BCUT2D eigenvalue weighted by Crippen LogP contribution is 2.40. The maximum atomic E-state index is 5.71. The first-order valence-electron chi connectivity index (χ1n) is 5.09. The van der Waals surface area contributed by atoms with Gasteiger partial charge in [-0.05, 0) is 27.7 Å². The van der Waals surface area contributed by atoms with E-state index in [1.807, 2.05) is 27.7 Å². The Morgan fingerprint density at radius 3 is 1.43 bits per heavy atom. The highest BCUT2D eigenvalue weighted by atomic mass is 16.8. The standard InChI is InChI=1S/C10H18O4/c1-7-5-11-9(3,13-7)10(4)12-6-8(2)14-10/h7-8H,5-6H2,1-4H3. The summed E-state index contributed by atoms with van der Waals surface area (Å²) in [4.78, 5) is 0. The van der Waals surface area contributed by atoms with E-state index < -0.39 is 11.6 Å². The third kappa shape index (κ3) is 1.46. The van der Waals surface area contributed by atoms with E-state index in [1.54, 1.807) is 0 Å². The average Bonchev–Trinajstić information content (AvgIpc) is 2.59. The van der Waals surface area contributed by atoms with Gasteiger partial charge in [-0.15, -0.1) is 0 Å². The van der Waals surface area contributed by atoms with Crippen molar-refractivity contribution < 1.29 is 18.9 Å². The number of ether oxygens (including phenoxy) is 4. The largest absolute Gasteiger partial charge is 0.343 e. The summed E-state index contributed by atoms with van der Waals surface area (Å²) in [5, 5.41) is 0. The molecule has 0 N–H and O–H groups in total. The van der Waals surface area contributed by atoms with Gasteiger partial charge in [-0.3, -0.25) is 0 Å². The normalized spacial score (nSPS) is 54.0. The van der Waals surface area contributed by atoms with Crippen molar-refractivity contribution in [2.75, 3.05) is 13.2 Å². The van der Waals surface area contributed by atoms with Crippen LogP contribution in [0.15, 0.2) is 0 Å². The van der Waals surface area contributed by atoms with Crippen LogP contribution in [0.4, 0.5) is 0 Å². The molecule has 14 heavy (non-hydrogen) atoms. The summed E-state index contributed by atoms with van der Waals surface area (Å²) in [6.45, 7) is 8.88. The van der Waals surface area contributed by atoms with Gasteiger partial charge in [-0.1, -0.05) is 0 Å². The zero-order valence-corrected chi connectivity index (χ0v) is 9.20. The van der Waals surface area contributed by atoms with E-state index in [4.69, 9.17) is 18.9 Å². The van der Waals surface area contributed by atoms with Gasteiger partial charge in [-0.2, -0.15) is 0 Å². The SMILES string of the molecule is CC1COC(C)(C2(C)OCC(C)O2)O1. The van der Waals surface area contributed by atoms with Gasteiger partial charge in [0.05, 0.1) is 25.4 Å². The number of rotatable bonds is 1. The zero-order chi connectivity index (χ0) is 10.4. The molecule has 0 spiro atoms. The van der Waals surface area contributed by atoms with Crippen molar-refractivity contribution in [2.45, 2.75) is 51.5 Å². The molecule has 2 fully saturated rings. The lowest BCUT2D eigenvalue weighted by Gasteiger charge is -2.37. The summed E-state index contributed by atoms with van der Waals surface area (Å²) in [6, 6.07) is 0. The van der Waals surface area contributed by atoms with E-state index in [-0.39, 0.29) is 12.2 Å². The summed E-state index contributed by atoms with van der Waals surface area (Å²) >= 11 is 0. The Hall–Kier alpha value is -0.160. The lowest BCUT2D eigenvalue weighted by atomic mass is 10.1. The van der Waals surface area contributed by atoms with Crippen LogP contribution in [0, 0.1) is 0 Å². The van der Waals surface area contributed by atoms with Crippen molar-refractivity contribution >= 4 is 0 Å².